The molecule has 0 radical (unpaired) electrons. The molecule has 29 heavy (non-hydrogen) atoms. The maximum atomic E-state index is 13.5. The van der Waals surface area contributed by atoms with Crippen molar-refractivity contribution in [2.75, 3.05) is 16.9 Å². The Hall–Kier alpha value is -3.53. The van der Waals surface area contributed by atoms with Gasteiger partial charge in [0.25, 0.3) is 0 Å². The predicted octanol–water partition coefficient (Wildman–Crippen LogP) is 3.69. The highest BCUT2D eigenvalue weighted by Gasteiger charge is 2.12. The van der Waals surface area contributed by atoms with Crippen molar-refractivity contribution in [1.29, 1.82) is 0 Å². The van der Waals surface area contributed by atoms with E-state index in [0.717, 1.165) is 11.8 Å². The zero-order chi connectivity index (χ0) is 20.6. The van der Waals surface area contributed by atoms with Crippen molar-refractivity contribution in [2.45, 2.75) is 11.8 Å². The van der Waals surface area contributed by atoms with Crippen LogP contribution in [0.3, 0.4) is 0 Å². The molecule has 10 heteroatoms. The molecule has 2 aromatic heterocycles. The maximum Gasteiger partial charge on any atom is 0.229 e. The minimum absolute atomic E-state index is 0.199. The van der Waals surface area contributed by atoms with Gasteiger partial charge >= 0.3 is 0 Å². The molecule has 2 heterocycles. The van der Waals surface area contributed by atoms with E-state index in [4.69, 9.17) is 0 Å². The third-order valence-corrected chi connectivity index (χ3v) is 5.42. The average Bonchev–Trinajstić information content (AvgIpc) is 3.05. The average molecular weight is 412 g/mol. The molecule has 148 valence electrons. The quantitative estimate of drug-likeness (QED) is 0.458. The maximum absolute atomic E-state index is 13.5. The van der Waals surface area contributed by atoms with E-state index in [0.29, 0.717) is 28.2 Å². The van der Waals surface area contributed by atoms with Crippen LogP contribution in [-0.2, 0) is 9.84 Å². The highest BCUT2D eigenvalue weighted by atomic mass is 32.2. The second-order valence-electron chi connectivity index (χ2n) is 6.53. The number of nitrogens with zero attached hydrogens (tertiary/aromatic N) is 3. The van der Waals surface area contributed by atoms with Crippen molar-refractivity contribution in [3.8, 4) is 0 Å². The Labute approximate surface area is 166 Å². The van der Waals surface area contributed by atoms with Crippen molar-refractivity contribution >= 4 is 44.0 Å². The zero-order valence-corrected chi connectivity index (χ0v) is 16.4. The van der Waals surface area contributed by atoms with Crippen LogP contribution in [0, 0.1) is 12.7 Å². The Balaban J connectivity index is 1.62. The lowest BCUT2D eigenvalue weighted by Crippen LogP contribution is -2.03. The third-order valence-electron chi connectivity index (χ3n) is 4.31. The van der Waals surface area contributed by atoms with E-state index in [2.05, 4.69) is 30.8 Å². The minimum atomic E-state index is -3.34. The molecule has 0 aliphatic carbocycles. The first-order valence-corrected chi connectivity index (χ1v) is 10.5. The number of benzene rings is 2. The standard InChI is InChI=1S/C19H17FN6O2S/c1-11-3-5-13(29(2,27)28)10-16(11)22-19-21-8-7-17(24-19)23-18-14-9-12(20)4-6-15(14)25-26-18/h3-10H,1-2H3,(H3,21,22,23,24,25,26). The number of rotatable bonds is 5. The van der Waals surface area contributed by atoms with Gasteiger partial charge in [0.2, 0.25) is 5.95 Å². The van der Waals surface area contributed by atoms with Crippen molar-refractivity contribution < 1.29 is 12.8 Å². The first-order chi connectivity index (χ1) is 13.8. The molecule has 4 aromatic rings. The second-order valence-corrected chi connectivity index (χ2v) is 8.54. The fraction of sp³-hybridized carbons (Fsp3) is 0.105. The summed E-state index contributed by atoms with van der Waals surface area (Å²) in [5.41, 5.74) is 2.11. The van der Waals surface area contributed by atoms with Gasteiger partial charge in [0.05, 0.1) is 10.4 Å². The van der Waals surface area contributed by atoms with Gasteiger partial charge in [-0.3, -0.25) is 5.10 Å². The van der Waals surface area contributed by atoms with E-state index >= 15 is 0 Å². The van der Waals surface area contributed by atoms with Gasteiger partial charge in [-0.1, -0.05) is 6.07 Å². The number of sulfone groups is 1. The molecule has 8 nitrogen and oxygen atoms in total. The number of H-pyrrole nitrogens is 1. The van der Waals surface area contributed by atoms with E-state index in [1.807, 2.05) is 6.92 Å². The molecular weight excluding hydrogens is 395 g/mol. The van der Waals surface area contributed by atoms with Gasteiger partial charge in [-0.25, -0.2) is 17.8 Å². The van der Waals surface area contributed by atoms with Crippen LogP contribution in [-0.4, -0.2) is 34.8 Å². The topological polar surface area (TPSA) is 113 Å². The Morgan fingerprint density at radius 1 is 1.07 bits per heavy atom. The molecule has 3 N–H and O–H groups in total. The molecule has 0 saturated heterocycles. The van der Waals surface area contributed by atoms with Crippen LogP contribution in [0.2, 0.25) is 0 Å². The molecule has 0 aliphatic heterocycles. The molecule has 0 fully saturated rings. The van der Waals surface area contributed by atoms with Gasteiger partial charge in [-0.15, -0.1) is 0 Å². The third kappa shape index (κ3) is 4.02. The SMILES string of the molecule is Cc1ccc(S(C)(=O)=O)cc1Nc1nccc(Nc2n[nH]c3ccc(F)cc23)n1. The molecule has 0 amide bonds. The summed E-state index contributed by atoms with van der Waals surface area (Å²) >= 11 is 0. The molecule has 0 atom stereocenters. The first-order valence-electron chi connectivity index (χ1n) is 8.61. The summed E-state index contributed by atoms with van der Waals surface area (Å²) in [5.74, 6) is 0.777. The number of fused-ring (bicyclic) bond motifs is 1. The Bertz CT molecular complexity index is 1320. The number of hydrogen-bond donors (Lipinski definition) is 3. The molecule has 0 saturated carbocycles. The van der Waals surface area contributed by atoms with E-state index in [1.165, 1.54) is 18.2 Å². The van der Waals surface area contributed by atoms with E-state index in [9.17, 15) is 12.8 Å². The van der Waals surface area contributed by atoms with Crippen molar-refractivity contribution in [3.63, 3.8) is 0 Å². The lowest BCUT2D eigenvalue weighted by molar-refractivity contribution is 0.602. The Morgan fingerprint density at radius 3 is 2.69 bits per heavy atom. The van der Waals surface area contributed by atoms with E-state index in [-0.39, 0.29) is 16.7 Å². The summed E-state index contributed by atoms with van der Waals surface area (Å²) < 4.78 is 37.2. The lowest BCUT2D eigenvalue weighted by atomic mass is 10.2. The van der Waals surface area contributed by atoms with Crippen LogP contribution in [0.25, 0.3) is 10.9 Å². The number of halogens is 1. The number of nitrogens with one attached hydrogen (secondary N) is 3. The molecule has 0 spiro atoms. The molecule has 2 aromatic carbocycles. The summed E-state index contributed by atoms with van der Waals surface area (Å²) in [6.45, 7) is 1.85. The monoisotopic (exact) mass is 412 g/mol. The summed E-state index contributed by atoms with van der Waals surface area (Å²) in [7, 11) is -3.34. The smallest absolute Gasteiger partial charge is 0.229 e. The van der Waals surface area contributed by atoms with Crippen LogP contribution in [0.5, 0.6) is 0 Å². The first kappa shape index (κ1) is 18.8. The molecule has 0 aliphatic rings. The number of hydrogen-bond acceptors (Lipinski definition) is 7. The summed E-state index contributed by atoms with van der Waals surface area (Å²) in [5, 5.41) is 13.6. The second kappa shape index (κ2) is 7.13. The van der Waals surface area contributed by atoms with Gasteiger partial charge in [0.1, 0.15) is 11.6 Å². The Kier molecular flexibility index (Phi) is 4.63. The summed E-state index contributed by atoms with van der Waals surface area (Å²) in [6, 6.07) is 10.8. The van der Waals surface area contributed by atoms with Crippen molar-refractivity contribution in [3.05, 3.63) is 60.0 Å². The summed E-state index contributed by atoms with van der Waals surface area (Å²) in [6.07, 6.45) is 2.70. The fourth-order valence-corrected chi connectivity index (χ4v) is 3.43. The highest BCUT2D eigenvalue weighted by molar-refractivity contribution is 7.90. The highest BCUT2D eigenvalue weighted by Crippen LogP contribution is 2.26. The normalized spacial score (nSPS) is 11.6. The minimum Gasteiger partial charge on any atom is -0.324 e. The van der Waals surface area contributed by atoms with Gasteiger partial charge in [-0.2, -0.15) is 10.1 Å². The number of aromatic nitrogens is 4. The van der Waals surface area contributed by atoms with E-state index < -0.39 is 9.84 Å². The summed E-state index contributed by atoms with van der Waals surface area (Å²) in [4.78, 5) is 8.75. The number of aromatic amines is 1. The van der Waals surface area contributed by atoms with Gasteiger partial charge < -0.3 is 10.6 Å². The van der Waals surface area contributed by atoms with Crippen LogP contribution in [0.1, 0.15) is 5.56 Å². The largest absolute Gasteiger partial charge is 0.324 e. The van der Waals surface area contributed by atoms with Crippen molar-refractivity contribution in [1.82, 2.24) is 20.2 Å². The fourth-order valence-electron chi connectivity index (χ4n) is 2.78. The van der Waals surface area contributed by atoms with Crippen LogP contribution in [0.4, 0.5) is 27.7 Å². The van der Waals surface area contributed by atoms with Gasteiger partial charge in [-0.05, 0) is 48.9 Å². The Morgan fingerprint density at radius 2 is 1.90 bits per heavy atom. The molecule has 0 bridgehead atoms. The molecule has 4 rings (SSSR count). The zero-order valence-electron chi connectivity index (χ0n) is 15.6. The lowest BCUT2D eigenvalue weighted by Gasteiger charge is -2.11. The van der Waals surface area contributed by atoms with Crippen molar-refractivity contribution in [2.24, 2.45) is 0 Å². The molecule has 0 unspecified atom stereocenters. The van der Waals surface area contributed by atoms with E-state index in [1.54, 1.807) is 30.5 Å². The number of aryl methyl sites for hydroxylation is 1. The molecular formula is C19H17FN6O2S. The van der Waals surface area contributed by atoms with Crippen LogP contribution in [0.15, 0.2) is 53.6 Å². The van der Waals surface area contributed by atoms with Crippen LogP contribution >= 0.6 is 0 Å². The number of anilines is 4. The van der Waals surface area contributed by atoms with Crippen LogP contribution < -0.4 is 10.6 Å². The predicted molar refractivity (Wildman–Crippen MR) is 109 cm³/mol. The van der Waals surface area contributed by atoms with Gasteiger partial charge in [0.15, 0.2) is 15.7 Å². The van der Waals surface area contributed by atoms with Gasteiger partial charge in [0, 0.05) is 23.5 Å².